The molecule has 0 saturated heterocycles. The molecule has 0 atom stereocenters. The van der Waals surface area contributed by atoms with Crippen LogP contribution in [0.15, 0.2) is 12.1 Å². The van der Waals surface area contributed by atoms with Gasteiger partial charge in [-0.15, -0.1) is 4.73 Å². The van der Waals surface area contributed by atoms with Crippen molar-refractivity contribution in [2.45, 2.75) is 0 Å². The number of aromatic hydroxyl groups is 2. The molecule has 0 amide bonds. The van der Waals surface area contributed by atoms with Gasteiger partial charge in [-0.2, -0.15) is 0 Å². The van der Waals surface area contributed by atoms with E-state index in [1.165, 1.54) is 0 Å². The van der Waals surface area contributed by atoms with Crippen LogP contribution in [0.2, 0.25) is 0 Å². The van der Waals surface area contributed by atoms with Crippen molar-refractivity contribution >= 4 is 13.7 Å². The molecule has 6 heteroatoms. The fraction of sp³-hybridized carbons (Fsp3) is 0. The van der Waals surface area contributed by atoms with Crippen LogP contribution < -0.4 is 4.84 Å². The highest BCUT2D eigenvalue weighted by molar-refractivity contribution is 6.55. The lowest BCUT2D eigenvalue weighted by molar-refractivity contribution is 0.130. The van der Waals surface area contributed by atoms with Gasteiger partial charge in [-0.05, 0) is 0 Å². The quantitative estimate of drug-likeness (QED) is 0.539. The van der Waals surface area contributed by atoms with Gasteiger partial charge >= 0.3 is 0 Å². The molecule has 1 aromatic rings. The highest BCUT2D eigenvalue weighted by atomic mass is 16.7. The van der Waals surface area contributed by atoms with E-state index in [9.17, 15) is 4.79 Å². The normalized spacial score (nSPS) is 9.45. The summed E-state index contributed by atoms with van der Waals surface area (Å²) < 4.78 is 0.502. The Hall–Kier alpha value is -1.59. The number of hydrogen-bond donors (Lipinski definition) is 2. The van der Waals surface area contributed by atoms with Gasteiger partial charge in [0, 0.05) is 12.1 Å². The molecule has 0 fully saturated rings. The van der Waals surface area contributed by atoms with E-state index >= 15 is 0 Å². The van der Waals surface area contributed by atoms with E-state index in [2.05, 4.69) is 12.7 Å². The lowest BCUT2D eigenvalue weighted by atomic mass is 10.2. The van der Waals surface area contributed by atoms with Crippen LogP contribution >= 0.6 is 0 Å². The van der Waals surface area contributed by atoms with E-state index in [0.29, 0.717) is 4.73 Å². The molecule has 56 valence electrons. The van der Waals surface area contributed by atoms with Gasteiger partial charge in [0.1, 0.15) is 0 Å². The van der Waals surface area contributed by atoms with Crippen molar-refractivity contribution in [3.05, 3.63) is 12.1 Å². The molecule has 11 heavy (non-hydrogen) atoms. The molecule has 0 aliphatic heterocycles. The molecule has 2 radical (unpaired) electrons. The first-order valence-corrected chi connectivity index (χ1v) is 2.68. The summed E-state index contributed by atoms with van der Waals surface area (Å²) in [5.74, 6) is -1.92. The number of nitrogens with zero attached hydrogens (tertiary/aromatic N) is 1. The zero-order valence-corrected chi connectivity index (χ0v) is 5.39. The molecule has 1 aromatic heterocycles. The molecule has 0 aromatic carbocycles. The van der Waals surface area contributed by atoms with E-state index < -0.39 is 17.6 Å². The minimum absolute atomic E-state index is 0.402. The molecule has 0 aliphatic rings. The number of hydrogen-bond acceptors (Lipinski definition) is 4. The molecule has 2 N–H and O–H groups in total. The summed E-state index contributed by atoms with van der Waals surface area (Å²) in [6.07, 6.45) is 0. The first kappa shape index (κ1) is 7.52. The second-order valence-electron chi connectivity index (χ2n) is 1.75. The lowest BCUT2D eigenvalue weighted by Crippen LogP contribution is -2.16. The van der Waals surface area contributed by atoms with Crippen molar-refractivity contribution in [3.8, 4) is 11.8 Å². The predicted molar refractivity (Wildman–Crippen MR) is 35.5 cm³/mol. The average Bonchev–Trinajstić information content (AvgIpc) is 2.18. The molecule has 0 unspecified atom stereocenters. The Labute approximate surface area is 63.2 Å². The summed E-state index contributed by atoms with van der Waals surface area (Å²) in [6.45, 7) is 0. The summed E-state index contributed by atoms with van der Waals surface area (Å²) in [5, 5.41) is 17.7. The smallest absolute Gasteiger partial charge is 0.266 e. The van der Waals surface area contributed by atoms with Crippen LogP contribution in [0.25, 0.3) is 0 Å². The minimum atomic E-state index is -1.12. The van der Waals surface area contributed by atoms with Crippen molar-refractivity contribution in [3.63, 3.8) is 0 Å². The van der Waals surface area contributed by atoms with E-state index in [0.717, 1.165) is 12.1 Å². The SMILES string of the molecule is [B]C(=O)On1c(O)ccc1O. The average molecular weight is 153 g/mol. The summed E-state index contributed by atoms with van der Waals surface area (Å²) >= 11 is 0. The predicted octanol–water partition coefficient (Wildman–Crippen LogP) is -0.384. The van der Waals surface area contributed by atoms with Crippen LogP contribution in [0.1, 0.15) is 0 Å². The van der Waals surface area contributed by atoms with Crippen LogP contribution in [0.5, 0.6) is 11.8 Å². The zero-order valence-electron chi connectivity index (χ0n) is 5.39. The summed E-state index contributed by atoms with van der Waals surface area (Å²) in [5.41, 5.74) is 0. The van der Waals surface area contributed by atoms with E-state index in [1.807, 2.05) is 0 Å². The third-order valence-corrected chi connectivity index (χ3v) is 0.979. The second kappa shape index (κ2) is 2.57. The van der Waals surface area contributed by atoms with Crippen LogP contribution in [0.4, 0.5) is 4.79 Å². The largest absolute Gasteiger partial charge is 0.492 e. The van der Waals surface area contributed by atoms with E-state index in [-0.39, 0.29) is 0 Å². The molecule has 1 heterocycles. The first-order valence-electron chi connectivity index (χ1n) is 2.68. The van der Waals surface area contributed by atoms with Gasteiger partial charge in [0.15, 0.2) is 0 Å². The lowest BCUT2D eigenvalue weighted by Gasteiger charge is -2.03. The number of rotatable bonds is 1. The molecule has 0 aliphatic carbocycles. The molecule has 0 saturated carbocycles. The van der Waals surface area contributed by atoms with Crippen molar-refractivity contribution in [1.82, 2.24) is 4.73 Å². The fourth-order valence-corrected chi connectivity index (χ4v) is 0.585. The van der Waals surface area contributed by atoms with Gasteiger partial charge in [0.05, 0.1) is 0 Å². The topological polar surface area (TPSA) is 71.7 Å². The number of carbonyl (C=O) groups excluding carboxylic acids is 1. The van der Waals surface area contributed by atoms with E-state index in [1.54, 1.807) is 0 Å². The third-order valence-electron chi connectivity index (χ3n) is 0.979. The van der Waals surface area contributed by atoms with Gasteiger partial charge in [0.25, 0.3) is 5.87 Å². The number of carbonyl (C=O) groups is 1. The van der Waals surface area contributed by atoms with Crippen LogP contribution in [-0.4, -0.2) is 28.7 Å². The molecule has 0 bridgehead atoms. The van der Waals surface area contributed by atoms with Crippen LogP contribution in [-0.2, 0) is 0 Å². The maximum atomic E-state index is 10.1. The minimum Gasteiger partial charge on any atom is -0.492 e. The van der Waals surface area contributed by atoms with Crippen LogP contribution in [0.3, 0.4) is 0 Å². The highest BCUT2D eigenvalue weighted by Crippen LogP contribution is 2.18. The standard InChI is InChI=1S/C5H4BNO4/c6-5(10)11-7-3(8)1-2-4(7)9/h1-2,8-9H. The Bertz CT molecular complexity index is 263. The fourth-order valence-electron chi connectivity index (χ4n) is 0.585. The van der Waals surface area contributed by atoms with Gasteiger partial charge < -0.3 is 15.1 Å². The third kappa shape index (κ3) is 1.46. The Morgan fingerprint density at radius 2 is 1.91 bits per heavy atom. The Morgan fingerprint density at radius 3 is 2.27 bits per heavy atom. The molecule has 1 rings (SSSR count). The van der Waals surface area contributed by atoms with Gasteiger partial charge in [-0.3, -0.25) is 4.79 Å². The molecule has 5 nitrogen and oxygen atoms in total. The van der Waals surface area contributed by atoms with Crippen molar-refractivity contribution in [2.75, 3.05) is 0 Å². The van der Waals surface area contributed by atoms with Crippen molar-refractivity contribution in [2.24, 2.45) is 0 Å². The highest BCUT2D eigenvalue weighted by Gasteiger charge is 2.07. The summed E-state index contributed by atoms with van der Waals surface area (Å²) in [6, 6.07) is 2.30. The van der Waals surface area contributed by atoms with Gasteiger partial charge in [-0.25, -0.2) is 0 Å². The zero-order chi connectivity index (χ0) is 8.43. The van der Waals surface area contributed by atoms with Crippen molar-refractivity contribution < 1.29 is 19.8 Å². The maximum Gasteiger partial charge on any atom is 0.266 e. The number of aromatic nitrogens is 1. The van der Waals surface area contributed by atoms with Crippen LogP contribution in [0, 0.1) is 0 Å². The molecular weight excluding hydrogens is 149 g/mol. The Kier molecular flexibility index (Phi) is 1.76. The molecular formula is C5H4BNO4. The second-order valence-corrected chi connectivity index (χ2v) is 1.75. The van der Waals surface area contributed by atoms with Gasteiger partial charge in [-0.1, -0.05) is 0 Å². The Morgan fingerprint density at radius 1 is 1.45 bits per heavy atom. The van der Waals surface area contributed by atoms with E-state index in [4.69, 9.17) is 10.2 Å². The summed E-state index contributed by atoms with van der Waals surface area (Å²) in [4.78, 5) is 14.3. The first-order chi connectivity index (χ1) is 5.11. The van der Waals surface area contributed by atoms with Crippen molar-refractivity contribution in [1.29, 1.82) is 0 Å². The monoisotopic (exact) mass is 153 g/mol. The maximum absolute atomic E-state index is 10.1. The molecule has 0 spiro atoms. The Balaban J connectivity index is 2.92. The van der Waals surface area contributed by atoms with Gasteiger partial charge in [0.2, 0.25) is 19.6 Å². The summed E-state index contributed by atoms with van der Waals surface area (Å²) in [7, 11) is 4.62.